The fraction of sp³-hybridized carbons (Fsp3) is 0.200. The summed E-state index contributed by atoms with van der Waals surface area (Å²) in [5.41, 5.74) is 2.79. The van der Waals surface area contributed by atoms with Gasteiger partial charge < -0.3 is 9.32 Å². The van der Waals surface area contributed by atoms with Crippen molar-refractivity contribution in [1.29, 1.82) is 0 Å². The predicted molar refractivity (Wildman–Crippen MR) is 121 cm³/mol. The van der Waals surface area contributed by atoms with E-state index in [0.29, 0.717) is 23.3 Å². The van der Waals surface area contributed by atoms with Crippen molar-refractivity contribution in [2.24, 2.45) is 0 Å². The summed E-state index contributed by atoms with van der Waals surface area (Å²) in [5, 5.41) is 0. The van der Waals surface area contributed by atoms with E-state index in [0.717, 1.165) is 26.2 Å². The third-order valence-corrected chi connectivity index (χ3v) is 5.85. The van der Waals surface area contributed by atoms with E-state index in [4.69, 9.17) is 4.42 Å². The highest BCUT2D eigenvalue weighted by atomic mass is 19.1. The summed E-state index contributed by atoms with van der Waals surface area (Å²) in [4.78, 5) is 29.8. The molecule has 0 aliphatic carbocycles. The zero-order valence-electron chi connectivity index (χ0n) is 17.4. The number of hydrogen-bond acceptors (Lipinski definition) is 5. The number of para-hydroxylation sites is 1. The van der Waals surface area contributed by atoms with Gasteiger partial charge in [-0.15, -0.1) is 0 Å². The van der Waals surface area contributed by atoms with Gasteiger partial charge in [0, 0.05) is 43.0 Å². The zero-order chi connectivity index (χ0) is 22.1. The van der Waals surface area contributed by atoms with E-state index in [1.165, 1.54) is 23.9 Å². The van der Waals surface area contributed by atoms with Crippen LogP contribution >= 0.6 is 0 Å². The second-order valence-corrected chi connectivity index (χ2v) is 7.90. The molecule has 4 aromatic rings. The van der Waals surface area contributed by atoms with Crippen LogP contribution in [0.2, 0.25) is 0 Å². The minimum absolute atomic E-state index is 0.252. The van der Waals surface area contributed by atoms with Crippen molar-refractivity contribution in [2.75, 3.05) is 31.1 Å². The number of ketones is 1. The molecule has 6 nitrogen and oxygen atoms in total. The molecule has 0 unspecified atom stereocenters. The molecule has 0 amide bonds. The molecule has 2 heterocycles. The molecule has 1 aliphatic heterocycles. The molecule has 0 spiro atoms. The molecule has 32 heavy (non-hydrogen) atoms. The molecule has 0 bridgehead atoms. The SMILES string of the molecule is O=C(c1cccc(F)c1)c1ccc2c(c1)oc(=O)n2CN1CCN(c2ccccc2)CC1. The first kappa shape index (κ1) is 20.2. The highest BCUT2D eigenvalue weighted by Gasteiger charge is 2.20. The van der Waals surface area contributed by atoms with Crippen LogP contribution in [0.1, 0.15) is 15.9 Å². The first-order valence-corrected chi connectivity index (χ1v) is 10.5. The fourth-order valence-electron chi connectivity index (χ4n) is 4.12. The maximum atomic E-state index is 13.5. The van der Waals surface area contributed by atoms with Gasteiger partial charge in [0.15, 0.2) is 11.4 Å². The lowest BCUT2D eigenvalue weighted by Gasteiger charge is -2.36. The number of halogens is 1. The van der Waals surface area contributed by atoms with Crippen LogP contribution < -0.4 is 10.7 Å². The van der Waals surface area contributed by atoms with Crippen LogP contribution in [0.4, 0.5) is 10.1 Å². The van der Waals surface area contributed by atoms with Crippen molar-refractivity contribution < 1.29 is 13.6 Å². The molecule has 1 fully saturated rings. The van der Waals surface area contributed by atoms with Crippen molar-refractivity contribution >= 4 is 22.6 Å². The molecule has 0 atom stereocenters. The number of piperazine rings is 1. The van der Waals surface area contributed by atoms with E-state index in [-0.39, 0.29) is 11.3 Å². The van der Waals surface area contributed by atoms with Gasteiger partial charge in [-0.2, -0.15) is 0 Å². The molecular weight excluding hydrogens is 409 g/mol. The van der Waals surface area contributed by atoms with E-state index in [1.807, 2.05) is 18.2 Å². The Morgan fingerprint density at radius 1 is 0.875 bits per heavy atom. The summed E-state index contributed by atoms with van der Waals surface area (Å²) in [6.45, 7) is 3.82. The van der Waals surface area contributed by atoms with Gasteiger partial charge in [-0.1, -0.05) is 30.3 Å². The largest absolute Gasteiger partial charge is 0.421 e. The summed E-state index contributed by atoms with van der Waals surface area (Å²) >= 11 is 0. The van der Waals surface area contributed by atoms with Crippen LogP contribution in [0.25, 0.3) is 11.1 Å². The van der Waals surface area contributed by atoms with Gasteiger partial charge in [0.25, 0.3) is 0 Å². The maximum absolute atomic E-state index is 13.5. The molecule has 0 N–H and O–H groups in total. The van der Waals surface area contributed by atoms with Gasteiger partial charge in [-0.25, -0.2) is 9.18 Å². The van der Waals surface area contributed by atoms with Crippen molar-refractivity contribution in [1.82, 2.24) is 9.47 Å². The highest BCUT2D eigenvalue weighted by Crippen LogP contribution is 2.20. The van der Waals surface area contributed by atoms with E-state index in [9.17, 15) is 14.0 Å². The van der Waals surface area contributed by atoms with E-state index in [2.05, 4.69) is 21.9 Å². The number of aromatic nitrogens is 1. The summed E-state index contributed by atoms with van der Waals surface area (Å²) < 4.78 is 20.5. The van der Waals surface area contributed by atoms with Crippen LogP contribution in [0, 0.1) is 5.82 Å². The molecule has 1 aromatic heterocycles. The predicted octanol–water partition coefficient (Wildman–Crippen LogP) is 3.74. The number of anilines is 1. The lowest BCUT2D eigenvalue weighted by Crippen LogP contribution is -2.47. The monoisotopic (exact) mass is 431 g/mol. The average Bonchev–Trinajstić information content (AvgIpc) is 3.13. The van der Waals surface area contributed by atoms with Crippen LogP contribution in [0.5, 0.6) is 0 Å². The van der Waals surface area contributed by atoms with Crippen LogP contribution in [-0.2, 0) is 6.67 Å². The molecule has 7 heteroatoms. The van der Waals surface area contributed by atoms with Crippen molar-refractivity contribution in [3.63, 3.8) is 0 Å². The van der Waals surface area contributed by atoms with Gasteiger partial charge in [0.1, 0.15) is 5.82 Å². The highest BCUT2D eigenvalue weighted by molar-refractivity contribution is 6.10. The zero-order valence-corrected chi connectivity index (χ0v) is 17.4. The molecule has 3 aromatic carbocycles. The Morgan fingerprint density at radius 2 is 1.62 bits per heavy atom. The second-order valence-electron chi connectivity index (χ2n) is 7.90. The van der Waals surface area contributed by atoms with Crippen LogP contribution in [-0.4, -0.2) is 41.4 Å². The average molecular weight is 431 g/mol. The summed E-state index contributed by atoms with van der Waals surface area (Å²) in [5.74, 6) is -1.25. The number of carbonyl (C=O) groups excluding carboxylic acids is 1. The van der Waals surface area contributed by atoms with Gasteiger partial charge in [-0.05, 0) is 42.5 Å². The maximum Gasteiger partial charge on any atom is 0.421 e. The minimum Gasteiger partial charge on any atom is -0.408 e. The van der Waals surface area contributed by atoms with Crippen molar-refractivity contribution in [2.45, 2.75) is 6.67 Å². The van der Waals surface area contributed by atoms with Crippen molar-refractivity contribution in [3.05, 3.63) is 100 Å². The number of rotatable bonds is 5. The number of nitrogens with zero attached hydrogens (tertiary/aromatic N) is 3. The Kier molecular flexibility index (Phi) is 5.33. The van der Waals surface area contributed by atoms with Gasteiger partial charge >= 0.3 is 5.76 Å². The molecule has 0 radical (unpaired) electrons. The Balaban J connectivity index is 1.33. The number of hydrogen-bond donors (Lipinski definition) is 0. The van der Waals surface area contributed by atoms with Gasteiger partial charge in [0.2, 0.25) is 0 Å². The number of oxazole rings is 1. The van der Waals surface area contributed by atoms with E-state index in [1.54, 1.807) is 28.8 Å². The van der Waals surface area contributed by atoms with Crippen LogP contribution in [0.15, 0.2) is 82.0 Å². The molecular formula is C25H22FN3O3. The van der Waals surface area contributed by atoms with Crippen LogP contribution in [0.3, 0.4) is 0 Å². The Bertz CT molecular complexity index is 1320. The first-order valence-electron chi connectivity index (χ1n) is 10.5. The number of carbonyl (C=O) groups is 1. The summed E-state index contributed by atoms with van der Waals surface area (Å²) in [6.07, 6.45) is 0. The lowest BCUT2D eigenvalue weighted by molar-refractivity contribution is 0.103. The molecule has 0 saturated carbocycles. The molecule has 162 valence electrons. The summed E-state index contributed by atoms with van der Waals surface area (Å²) in [6, 6.07) is 20.7. The molecule has 1 saturated heterocycles. The van der Waals surface area contributed by atoms with E-state index >= 15 is 0 Å². The Labute approximate surface area is 184 Å². The minimum atomic E-state index is -0.470. The van der Waals surface area contributed by atoms with Gasteiger partial charge in [0.05, 0.1) is 12.2 Å². The fourth-order valence-corrected chi connectivity index (χ4v) is 4.12. The second kappa shape index (κ2) is 8.43. The standard InChI is InChI=1S/C25H22FN3O3/c26-20-6-4-5-18(15-20)24(30)19-9-10-22-23(16-19)32-25(31)29(22)17-27-11-13-28(14-12-27)21-7-2-1-3-8-21/h1-10,15-16H,11-14,17H2. The number of benzene rings is 3. The third-order valence-electron chi connectivity index (χ3n) is 5.85. The van der Waals surface area contributed by atoms with Gasteiger partial charge in [-0.3, -0.25) is 14.3 Å². The normalized spacial score (nSPS) is 14.7. The first-order chi connectivity index (χ1) is 15.6. The topological polar surface area (TPSA) is 58.7 Å². The number of fused-ring (bicyclic) bond motifs is 1. The van der Waals surface area contributed by atoms with Crippen molar-refractivity contribution in [3.8, 4) is 0 Å². The third kappa shape index (κ3) is 3.94. The quantitative estimate of drug-likeness (QED) is 0.451. The Hall–Kier alpha value is -3.71. The Morgan fingerprint density at radius 3 is 2.38 bits per heavy atom. The molecule has 5 rings (SSSR count). The summed E-state index contributed by atoms with van der Waals surface area (Å²) in [7, 11) is 0. The van der Waals surface area contributed by atoms with E-state index < -0.39 is 11.6 Å². The molecule has 1 aliphatic rings. The smallest absolute Gasteiger partial charge is 0.408 e. The lowest BCUT2D eigenvalue weighted by atomic mass is 10.0.